The van der Waals surface area contributed by atoms with E-state index in [4.69, 9.17) is 0 Å². The molecule has 0 aliphatic carbocycles. The Kier molecular flexibility index (Phi) is 4.36. The predicted molar refractivity (Wildman–Crippen MR) is 95.2 cm³/mol. The Bertz CT molecular complexity index is 869. The molecule has 5 heteroatoms. The maximum absolute atomic E-state index is 11.8. The summed E-state index contributed by atoms with van der Waals surface area (Å²) in [5, 5.41) is 18.1. The number of hydrogen-bond acceptors (Lipinski definition) is 3. The third kappa shape index (κ3) is 2.67. The molecule has 2 N–H and O–H groups in total. The largest absolute Gasteiger partial charge is 0.478 e. The molecule has 124 valence electrons. The second-order valence-corrected chi connectivity index (χ2v) is 6.08. The van der Waals surface area contributed by atoms with Gasteiger partial charge in [0, 0.05) is 17.0 Å². The molecule has 0 spiro atoms. The minimum absolute atomic E-state index is 0.000128. The summed E-state index contributed by atoms with van der Waals surface area (Å²) in [5.74, 6) is -0.910. The van der Waals surface area contributed by atoms with Crippen LogP contribution in [0.3, 0.4) is 0 Å². The Morgan fingerprint density at radius 3 is 2.50 bits per heavy atom. The number of rotatable bonds is 5. The number of benzene rings is 2. The summed E-state index contributed by atoms with van der Waals surface area (Å²) in [4.78, 5) is 13.9. The second kappa shape index (κ2) is 6.45. The Morgan fingerprint density at radius 2 is 1.92 bits per heavy atom. The van der Waals surface area contributed by atoms with Gasteiger partial charge in [0.05, 0.1) is 11.1 Å². The molecule has 0 saturated heterocycles. The highest BCUT2D eigenvalue weighted by Gasteiger charge is 2.25. The molecule has 0 amide bonds. The van der Waals surface area contributed by atoms with Gasteiger partial charge in [-0.25, -0.2) is 4.79 Å². The minimum atomic E-state index is -0.910. The first-order chi connectivity index (χ1) is 11.5. The summed E-state index contributed by atoms with van der Waals surface area (Å²) in [6.07, 6.45) is 0.811. The van der Waals surface area contributed by atoms with Crippen molar-refractivity contribution in [1.82, 2.24) is 15.1 Å². The third-order valence-electron chi connectivity index (χ3n) is 4.39. The van der Waals surface area contributed by atoms with Gasteiger partial charge >= 0.3 is 5.97 Å². The highest BCUT2D eigenvalue weighted by Crippen LogP contribution is 2.37. The van der Waals surface area contributed by atoms with Crippen molar-refractivity contribution in [3.8, 4) is 11.3 Å². The molecular formula is C19H21N3O2. The molecule has 0 radical (unpaired) electrons. The van der Waals surface area contributed by atoms with Crippen molar-refractivity contribution in [2.75, 3.05) is 14.1 Å². The van der Waals surface area contributed by atoms with Crippen molar-refractivity contribution in [3.05, 3.63) is 53.6 Å². The summed E-state index contributed by atoms with van der Waals surface area (Å²) < 4.78 is 0. The van der Waals surface area contributed by atoms with E-state index >= 15 is 0 Å². The molecule has 0 saturated carbocycles. The van der Waals surface area contributed by atoms with E-state index < -0.39 is 5.97 Å². The van der Waals surface area contributed by atoms with E-state index in [2.05, 4.69) is 22.0 Å². The number of carboxylic acid groups (broad SMARTS) is 1. The van der Waals surface area contributed by atoms with Crippen LogP contribution < -0.4 is 0 Å². The van der Waals surface area contributed by atoms with Crippen molar-refractivity contribution in [2.45, 2.75) is 19.4 Å². The topological polar surface area (TPSA) is 69.2 Å². The standard InChI is InChI=1S/C19H21N3O2/c1-4-15(22(2)3)16-13(19(23)24)10-11-14-17(16)18(21-20-14)12-8-6-5-7-9-12/h5-11,15H,4H2,1-3H3,(H,20,21)(H,23,24). The molecule has 0 fully saturated rings. The number of aromatic amines is 1. The molecular weight excluding hydrogens is 302 g/mol. The molecule has 1 heterocycles. The molecule has 1 atom stereocenters. The van der Waals surface area contributed by atoms with Gasteiger partial charge in [-0.3, -0.25) is 5.10 Å². The lowest BCUT2D eigenvalue weighted by Gasteiger charge is -2.26. The van der Waals surface area contributed by atoms with E-state index in [1.54, 1.807) is 12.1 Å². The number of carbonyl (C=O) groups is 1. The quantitative estimate of drug-likeness (QED) is 0.746. The van der Waals surface area contributed by atoms with Crippen molar-refractivity contribution in [2.24, 2.45) is 0 Å². The van der Waals surface area contributed by atoms with Crippen molar-refractivity contribution >= 4 is 16.9 Å². The Labute approximate surface area is 140 Å². The molecule has 24 heavy (non-hydrogen) atoms. The average molecular weight is 323 g/mol. The summed E-state index contributed by atoms with van der Waals surface area (Å²) in [6, 6.07) is 13.3. The molecule has 0 aliphatic rings. The first kappa shape index (κ1) is 16.2. The number of carboxylic acids is 1. The fourth-order valence-electron chi connectivity index (χ4n) is 3.30. The highest BCUT2D eigenvalue weighted by atomic mass is 16.4. The van der Waals surface area contributed by atoms with E-state index in [-0.39, 0.29) is 6.04 Å². The zero-order chi connectivity index (χ0) is 17.3. The van der Waals surface area contributed by atoms with Crippen LogP contribution in [0.25, 0.3) is 22.2 Å². The smallest absolute Gasteiger partial charge is 0.336 e. The number of aromatic carboxylic acids is 1. The number of H-pyrrole nitrogens is 1. The van der Waals surface area contributed by atoms with Gasteiger partial charge in [-0.1, -0.05) is 37.3 Å². The summed E-state index contributed by atoms with van der Waals surface area (Å²) in [7, 11) is 3.95. The van der Waals surface area contributed by atoms with Gasteiger partial charge in [0.1, 0.15) is 5.69 Å². The van der Waals surface area contributed by atoms with Gasteiger partial charge in [0.25, 0.3) is 0 Å². The van der Waals surface area contributed by atoms with E-state index in [1.807, 2.05) is 44.4 Å². The fraction of sp³-hybridized carbons (Fsp3) is 0.263. The summed E-state index contributed by atoms with van der Waals surface area (Å²) in [5.41, 5.74) is 3.78. The summed E-state index contributed by atoms with van der Waals surface area (Å²) >= 11 is 0. The summed E-state index contributed by atoms with van der Waals surface area (Å²) in [6.45, 7) is 2.07. The minimum Gasteiger partial charge on any atom is -0.478 e. The number of nitrogens with one attached hydrogen (secondary N) is 1. The SMILES string of the molecule is CCC(c1c(C(=O)O)ccc2[nH]nc(-c3ccccc3)c12)N(C)C. The van der Waals surface area contributed by atoms with Crippen LogP contribution in [0.5, 0.6) is 0 Å². The zero-order valence-corrected chi connectivity index (χ0v) is 14.1. The molecule has 3 aromatic rings. The van der Waals surface area contributed by atoms with E-state index in [0.29, 0.717) is 5.56 Å². The van der Waals surface area contributed by atoms with E-state index in [0.717, 1.165) is 34.1 Å². The second-order valence-electron chi connectivity index (χ2n) is 6.08. The number of aromatic nitrogens is 2. The number of nitrogens with zero attached hydrogens (tertiary/aromatic N) is 2. The van der Waals surface area contributed by atoms with Gasteiger partial charge in [-0.05, 0) is 38.2 Å². The first-order valence-corrected chi connectivity index (χ1v) is 8.00. The fourth-order valence-corrected chi connectivity index (χ4v) is 3.30. The molecule has 1 aromatic heterocycles. The zero-order valence-electron chi connectivity index (χ0n) is 14.1. The number of fused-ring (bicyclic) bond motifs is 1. The van der Waals surface area contributed by atoms with Crippen LogP contribution in [0.4, 0.5) is 0 Å². The van der Waals surface area contributed by atoms with E-state index in [9.17, 15) is 9.90 Å². The van der Waals surface area contributed by atoms with Crippen molar-refractivity contribution < 1.29 is 9.90 Å². The lowest BCUT2D eigenvalue weighted by Crippen LogP contribution is -2.22. The normalized spacial score (nSPS) is 12.7. The van der Waals surface area contributed by atoms with Crippen LogP contribution in [0.15, 0.2) is 42.5 Å². The van der Waals surface area contributed by atoms with Crippen molar-refractivity contribution in [1.29, 1.82) is 0 Å². The van der Waals surface area contributed by atoms with Crippen LogP contribution >= 0.6 is 0 Å². The van der Waals surface area contributed by atoms with Gasteiger partial charge < -0.3 is 10.0 Å². The van der Waals surface area contributed by atoms with Gasteiger partial charge in [-0.2, -0.15) is 5.10 Å². The Balaban J connectivity index is 2.38. The Hall–Kier alpha value is -2.66. The average Bonchev–Trinajstić information content (AvgIpc) is 3.00. The lowest BCUT2D eigenvalue weighted by molar-refractivity contribution is 0.0694. The molecule has 1 unspecified atom stereocenters. The molecule has 3 rings (SSSR count). The van der Waals surface area contributed by atoms with Gasteiger partial charge in [0.2, 0.25) is 0 Å². The van der Waals surface area contributed by atoms with Crippen LogP contribution in [-0.2, 0) is 0 Å². The Morgan fingerprint density at radius 1 is 1.21 bits per heavy atom. The van der Waals surface area contributed by atoms with Crippen LogP contribution in [0.2, 0.25) is 0 Å². The highest BCUT2D eigenvalue weighted by molar-refractivity contribution is 6.02. The maximum atomic E-state index is 11.8. The lowest BCUT2D eigenvalue weighted by atomic mass is 9.91. The van der Waals surface area contributed by atoms with Crippen molar-refractivity contribution in [3.63, 3.8) is 0 Å². The van der Waals surface area contributed by atoms with Gasteiger partial charge in [-0.15, -0.1) is 0 Å². The molecule has 2 aromatic carbocycles. The first-order valence-electron chi connectivity index (χ1n) is 8.00. The van der Waals surface area contributed by atoms with Crippen LogP contribution in [0, 0.1) is 0 Å². The van der Waals surface area contributed by atoms with Crippen LogP contribution in [-0.4, -0.2) is 40.3 Å². The monoisotopic (exact) mass is 323 g/mol. The third-order valence-corrected chi connectivity index (χ3v) is 4.39. The molecule has 0 aliphatic heterocycles. The molecule has 5 nitrogen and oxygen atoms in total. The van der Waals surface area contributed by atoms with Crippen LogP contribution in [0.1, 0.15) is 35.3 Å². The van der Waals surface area contributed by atoms with E-state index in [1.165, 1.54) is 0 Å². The van der Waals surface area contributed by atoms with Gasteiger partial charge in [0.15, 0.2) is 0 Å². The predicted octanol–water partition coefficient (Wildman–Crippen LogP) is 3.94. The number of hydrogen-bond donors (Lipinski definition) is 2. The molecule has 0 bridgehead atoms. The maximum Gasteiger partial charge on any atom is 0.336 e.